The summed E-state index contributed by atoms with van der Waals surface area (Å²) in [6.45, 7) is 0. The van der Waals surface area contributed by atoms with Crippen LogP contribution in [0.1, 0.15) is 12.0 Å². The molecule has 1 aromatic rings. The van der Waals surface area contributed by atoms with Gasteiger partial charge in [-0.25, -0.2) is 0 Å². The summed E-state index contributed by atoms with van der Waals surface area (Å²) in [7, 11) is 5.99. The Hall–Kier alpha value is -0.925. The molecule has 0 amide bonds. The van der Waals surface area contributed by atoms with E-state index in [0.29, 0.717) is 16.9 Å². The first kappa shape index (κ1) is 13.5. The normalized spacial score (nSPS) is 26.8. The van der Waals surface area contributed by atoms with Crippen molar-refractivity contribution in [2.24, 2.45) is 5.73 Å². The van der Waals surface area contributed by atoms with Crippen molar-refractivity contribution in [2.45, 2.75) is 17.2 Å². The SMILES string of the molecule is BC1=CC(B)(B)CC(N)(c2ccccc2Cl)C1=O. The van der Waals surface area contributed by atoms with Crippen molar-refractivity contribution in [2.75, 3.05) is 0 Å². The largest absolute Gasteiger partial charge is 0.315 e. The van der Waals surface area contributed by atoms with Crippen molar-refractivity contribution in [1.29, 1.82) is 0 Å². The fourth-order valence-corrected chi connectivity index (χ4v) is 3.20. The fourth-order valence-electron chi connectivity index (χ4n) is 2.89. The summed E-state index contributed by atoms with van der Waals surface area (Å²) < 4.78 is 0. The summed E-state index contributed by atoms with van der Waals surface area (Å²) in [6, 6.07) is 7.33. The Morgan fingerprint density at radius 2 is 1.89 bits per heavy atom. The third-order valence-corrected chi connectivity index (χ3v) is 3.79. The van der Waals surface area contributed by atoms with Gasteiger partial charge in [0.25, 0.3) is 0 Å². The second kappa shape index (κ2) is 4.32. The number of carbonyl (C=O) groups excluding carboxylic acids is 1. The highest BCUT2D eigenvalue weighted by atomic mass is 35.5. The molecule has 1 aliphatic carbocycles. The molecule has 0 radical (unpaired) electrons. The first-order valence-corrected chi connectivity index (χ1v) is 6.42. The maximum Gasteiger partial charge on any atom is 0.173 e. The van der Waals surface area contributed by atoms with Crippen molar-refractivity contribution >= 4 is 40.9 Å². The van der Waals surface area contributed by atoms with E-state index >= 15 is 0 Å². The quantitative estimate of drug-likeness (QED) is 0.680. The number of nitrogens with two attached hydrogens (primary N) is 1. The average Bonchev–Trinajstić information content (AvgIpc) is 2.25. The summed E-state index contributed by atoms with van der Waals surface area (Å²) in [5.74, 6) is -0.0325. The van der Waals surface area contributed by atoms with Crippen LogP contribution in [0.25, 0.3) is 0 Å². The summed E-state index contributed by atoms with van der Waals surface area (Å²) in [5, 5.41) is 0.449. The van der Waals surface area contributed by atoms with E-state index in [0.717, 1.165) is 5.56 Å². The van der Waals surface area contributed by atoms with Crippen molar-refractivity contribution < 1.29 is 4.79 Å². The minimum atomic E-state index is -1.01. The highest BCUT2D eigenvalue weighted by Crippen LogP contribution is 2.43. The molecule has 2 rings (SSSR count). The van der Waals surface area contributed by atoms with Crippen LogP contribution in [0.4, 0.5) is 0 Å². The summed E-state index contributed by atoms with van der Waals surface area (Å²) in [4.78, 5) is 12.4. The standard InChI is InChI=1S/C12H15B3ClNO/c13-8-5-11(14,15)6-12(17,10(8)18)7-3-1-2-4-9(7)16/h1-5H,6,13-15,17H2. The highest BCUT2D eigenvalue weighted by molar-refractivity contribution is 6.46. The fraction of sp³-hybridized carbons (Fsp3) is 0.250. The molecule has 2 N–H and O–H groups in total. The van der Waals surface area contributed by atoms with E-state index in [9.17, 15) is 4.79 Å². The van der Waals surface area contributed by atoms with Gasteiger partial charge in [-0.15, -0.1) is 0 Å². The number of Topliss-reactive ketones (excluding diaryl/α,β-unsaturated/α-hetero) is 1. The number of rotatable bonds is 1. The molecule has 0 heterocycles. The molecule has 0 aliphatic heterocycles. The zero-order valence-corrected chi connectivity index (χ0v) is 11.7. The van der Waals surface area contributed by atoms with Gasteiger partial charge in [-0.3, -0.25) is 4.79 Å². The third-order valence-electron chi connectivity index (χ3n) is 3.46. The van der Waals surface area contributed by atoms with Gasteiger partial charge in [0.1, 0.15) is 29.1 Å². The summed E-state index contributed by atoms with van der Waals surface area (Å²) in [6.07, 6.45) is 2.57. The molecule has 1 atom stereocenters. The van der Waals surface area contributed by atoms with Crippen LogP contribution < -0.4 is 5.73 Å². The predicted octanol–water partition coefficient (Wildman–Crippen LogP) is -0.634. The van der Waals surface area contributed by atoms with Crippen LogP contribution in [-0.2, 0) is 10.3 Å². The molecule has 0 fully saturated rings. The molecular weight excluding hydrogens is 242 g/mol. The van der Waals surface area contributed by atoms with E-state index in [1.165, 1.54) is 0 Å². The lowest BCUT2D eigenvalue weighted by molar-refractivity contribution is -0.121. The second-order valence-corrected chi connectivity index (χ2v) is 6.18. The molecule has 0 aromatic heterocycles. The van der Waals surface area contributed by atoms with Crippen LogP contribution in [0.15, 0.2) is 35.8 Å². The van der Waals surface area contributed by atoms with Gasteiger partial charge < -0.3 is 5.73 Å². The molecule has 90 valence electrons. The van der Waals surface area contributed by atoms with Crippen molar-refractivity contribution in [3.05, 3.63) is 46.4 Å². The van der Waals surface area contributed by atoms with Crippen LogP contribution in [-0.4, -0.2) is 29.3 Å². The molecule has 0 saturated heterocycles. The van der Waals surface area contributed by atoms with E-state index in [4.69, 9.17) is 17.3 Å². The van der Waals surface area contributed by atoms with Gasteiger partial charge in [0.2, 0.25) is 0 Å². The van der Waals surface area contributed by atoms with E-state index in [1.54, 1.807) is 6.07 Å². The van der Waals surface area contributed by atoms with Gasteiger partial charge in [-0.05, 0) is 23.5 Å². The van der Waals surface area contributed by atoms with Gasteiger partial charge in [-0.2, -0.15) is 0 Å². The smallest absolute Gasteiger partial charge is 0.173 e. The van der Waals surface area contributed by atoms with Crippen LogP contribution in [0.5, 0.6) is 0 Å². The molecule has 0 saturated carbocycles. The Morgan fingerprint density at radius 3 is 2.50 bits per heavy atom. The maximum atomic E-state index is 12.4. The molecule has 0 spiro atoms. The molecule has 18 heavy (non-hydrogen) atoms. The molecule has 2 nitrogen and oxygen atoms in total. The Kier molecular flexibility index (Phi) is 3.24. The van der Waals surface area contributed by atoms with Gasteiger partial charge in [-0.1, -0.05) is 41.1 Å². The Labute approximate surface area is 115 Å². The molecule has 0 bridgehead atoms. The zero-order valence-electron chi connectivity index (χ0n) is 11.0. The number of hydrogen-bond acceptors (Lipinski definition) is 2. The number of carbonyl (C=O) groups is 1. The Balaban J connectivity index is 2.59. The minimum absolute atomic E-state index is 0.0325. The topological polar surface area (TPSA) is 43.1 Å². The van der Waals surface area contributed by atoms with Crippen molar-refractivity contribution in [3.63, 3.8) is 0 Å². The lowest BCUT2D eigenvalue weighted by atomic mass is 9.45. The van der Waals surface area contributed by atoms with Gasteiger partial charge >= 0.3 is 0 Å². The molecule has 1 aliphatic rings. The lowest BCUT2D eigenvalue weighted by Gasteiger charge is -2.40. The molecule has 1 unspecified atom stereocenters. The lowest BCUT2D eigenvalue weighted by Crippen LogP contribution is -2.51. The number of hydrogen-bond donors (Lipinski definition) is 1. The third kappa shape index (κ3) is 2.17. The summed E-state index contributed by atoms with van der Waals surface area (Å²) in [5.41, 5.74) is 6.84. The van der Waals surface area contributed by atoms with Gasteiger partial charge in [0, 0.05) is 5.02 Å². The number of allylic oxidation sites excluding steroid dienone is 1. The Morgan fingerprint density at radius 1 is 1.28 bits per heavy atom. The van der Waals surface area contributed by atoms with Gasteiger partial charge in [0.15, 0.2) is 5.78 Å². The number of ketones is 1. The van der Waals surface area contributed by atoms with Crippen LogP contribution in [0.3, 0.4) is 0 Å². The maximum absolute atomic E-state index is 12.4. The summed E-state index contributed by atoms with van der Waals surface area (Å²) >= 11 is 6.20. The average molecular weight is 257 g/mol. The number of benzene rings is 1. The predicted molar refractivity (Wildman–Crippen MR) is 83.3 cm³/mol. The highest BCUT2D eigenvalue weighted by Gasteiger charge is 2.44. The molecular formula is C12H15B3ClNO. The van der Waals surface area contributed by atoms with Crippen molar-refractivity contribution in [1.82, 2.24) is 0 Å². The zero-order chi connectivity index (χ0) is 13.6. The van der Waals surface area contributed by atoms with E-state index in [2.05, 4.69) is 15.7 Å². The second-order valence-electron chi connectivity index (χ2n) is 5.77. The van der Waals surface area contributed by atoms with Gasteiger partial charge in [0.05, 0.1) is 0 Å². The molecule has 6 heteroatoms. The monoisotopic (exact) mass is 257 g/mol. The van der Waals surface area contributed by atoms with Crippen LogP contribution >= 0.6 is 11.6 Å². The number of halogens is 1. The van der Waals surface area contributed by atoms with E-state index in [-0.39, 0.29) is 11.0 Å². The minimum Gasteiger partial charge on any atom is -0.315 e. The van der Waals surface area contributed by atoms with Crippen molar-refractivity contribution in [3.8, 4) is 0 Å². The van der Waals surface area contributed by atoms with Crippen LogP contribution in [0.2, 0.25) is 10.2 Å². The first-order chi connectivity index (χ1) is 8.26. The molecule has 1 aromatic carbocycles. The van der Waals surface area contributed by atoms with E-state index in [1.807, 2.05) is 32.1 Å². The first-order valence-electron chi connectivity index (χ1n) is 6.04. The van der Waals surface area contributed by atoms with E-state index < -0.39 is 5.54 Å². The van der Waals surface area contributed by atoms with Crippen LogP contribution in [0, 0.1) is 0 Å². The Bertz CT molecular complexity index is 544.